The van der Waals surface area contributed by atoms with Gasteiger partial charge in [-0.25, -0.2) is 18.4 Å². The van der Waals surface area contributed by atoms with Gasteiger partial charge in [0.25, 0.3) is 5.91 Å². The number of amides is 1. The number of fused-ring (bicyclic) bond motifs is 1. The quantitative estimate of drug-likeness (QED) is 0.624. The Hall–Kier alpha value is -3.08. The van der Waals surface area contributed by atoms with E-state index in [1.165, 1.54) is 16.4 Å². The van der Waals surface area contributed by atoms with Crippen LogP contribution in [0.15, 0.2) is 53.4 Å². The van der Waals surface area contributed by atoms with Crippen LogP contribution in [0.25, 0.3) is 11.0 Å². The van der Waals surface area contributed by atoms with E-state index in [1.807, 2.05) is 12.1 Å². The zero-order valence-corrected chi connectivity index (χ0v) is 17.8. The van der Waals surface area contributed by atoms with E-state index in [1.54, 1.807) is 31.2 Å². The van der Waals surface area contributed by atoms with E-state index < -0.39 is 15.9 Å². The number of carbonyl (C=O) groups is 1. The Balaban J connectivity index is 1.55. The van der Waals surface area contributed by atoms with E-state index in [0.29, 0.717) is 49.6 Å². The molecule has 0 aliphatic carbocycles. The summed E-state index contributed by atoms with van der Waals surface area (Å²) in [6, 6.07) is 13.2. The number of carbonyl (C=O) groups excluding carboxylic acids is 1. The zero-order valence-electron chi connectivity index (χ0n) is 16.9. The first-order valence-corrected chi connectivity index (χ1v) is 11.3. The Labute approximate surface area is 180 Å². The third-order valence-electron chi connectivity index (χ3n) is 4.75. The minimum atomic E-state index is -3.60. The number of para-hydroxylation sites is 2. The molecule has 1 amide bonds. The van der Waals surface area contributed by atoms with Crippen LogP contribution >= 0.6 is 0 Å². The van der Waals surface area contributed by atoms with Crippen molar-refractivity contribution in [1.29, 1.82) is 0 Å². The minimum absolute atomic E-state index is 0.0607. The Kier molecular flexibility index (Phi) is 6.12. The first-order valence-electron chi connectivity index (χ1n) is 9.88. The molecule has 0 atom stereocenters. The molecule has 1 fully saturated rings. The zero-order chi connectivity index (χ0) is 21.8. The molecular formula is C21H22N4O5S. The molecule has 1 aliphatic rings. The van der Waals surface area contributed by atoms with E-state index in [2.05, 4.69) is 15.3 Å². The third kappa shape index (κ3) is 4.50. The number of sulfonamides is 1. The van der Waals surface area contributed by atoms with Crippen molar-refractivity contribution in [2.45, 2.75) is 11.8 Å². The van der Waals surface area contributed by atoms with Crippen LogP contribution in [0.1, 0.15) is 17.4 Å². The highest BCUT2D eigenvalue weighted by Crippen LogP contribution is 2.22. The SMILES string of the molecule is CCOc1nc2ccccc2nc1C(=O)Nc1ccc(S(=O)(=O)N2CCOCC2)cc1. The van der Waals surface area contributed by atoms with E-state index in [-0.39, 0.29) is 16.5 Å². The molecule has 1 aliphatic heterocycles. The van der Waals surface area contributed by atoms with Crippen LogP contribution in [0.5, 0.6) is 5.88 Å². The fourth-order valence-electron chi connectivity index (χ4n) is 3.21. The van der Waals surface area contributed by atoms with E-state index in [0.717, 1.165) is 0 Å². The first kappa shape index (κ1) is 21.2. The van der Waals surface area contributed by atoms with Gasteiger partial charge in [-0.1, -0.05) is 12.1 Å². The van der Waals surface area contributed by atoms with Crippen molar-refractivity contribution in [3.8, 4) is 5.88 Å². The van der Waals surface area contributed by atoms with Crippen LogP contribution in [0.3, 0.4) is 0 Å². The average molecular weight is 442 g/mol. The van der Waals surface area contributed by atoms with Gasteiger partial charge in [-0.2, -0.15) is 4.31 Å². The van der Waals surface area contributed by atoms with Gasteiger partial charge in [-0.05, 0) is 43.3 Å². The van der Waals surface area contributed by atoms with Gasteiger partial charge in [0.15, 0.2) is 5.69 Å². The highest BCUT2D eigenvalue weighted by atomic mass is 32.2. The van der Waals surface area contributed by atoms with Gasteiger partial charge >= 0.3 is 0 Å². The molecule has 4 rings (SSSR count). The highest BCUT2D eigenvalue weighted by Gasteiger charge is 2.26. The number of hydrogen-bond donors (Lipinski definition) is 1. The van der Waals surface area contributed by atoms with Gasteiger partial charge in [0, 0.05) is 18.8 Å². The molecule has 1 N–H and O–H groups in total. The normalized spacial score (nSPS) is 15.0. The van der Waals surface area contributed by atoms with Crippen molar-refractivity contribution in [3.05, 3.63) is 54.2 Å². The van der Waals surface area contributed by atoms with Crippen LogP contribution in [0.4, 0.5) is 5.69 Å². The molecule has 0 radical (unpaired) electrons. The molecule has 3 aromatic rings. The van der Waals surface area contributed by atoms with Crippen LogP contribution < -0.4 is 10.1 Å². The lowest BCUT2D eigenvalue weighted by Crippen LogP contribution is -2.40. The summed E-state index contributed by atoms with van der Waals surface area (Å²) in [7, 11) is -3.60. The standard InChI is InChI=1S/C21H22N4O5S/c1-2-30-21-19(23-17-5-3-4-6-18(17)24-21)20(26)22-15-7-9-16(10-8-15)31(27,28)25-11-13-29-14-12-25/h3-10H,2,11-14H2,1H3,(H,22,26). The number of aromatic nitrogens is 2. The highest BCUT2D eigenvalue weighted by molar-refractivity contribution is 7.89. The number of anilines is 1. The second kappa shape index (κ2) is 8.96. The van der Waals surface area contributed by atoms with Crippen LogP contribution in [0.2, 0.25) is 0 Å². The van der Waals surface area contributed by atoms with Gasteiger partial charge in [0.2, 0.25) is 15.9 Å². The first-order chi connectivity index (χ1) is 15.0. The van der Waals surface area contributed by atoms with Crippen molar-refractivity contribution in [2.24, 2.45) is 0 Å². The second-order valence-electron chi connectivity index (χ2n) is 6.79. The largest absolute Gasteiger partial charge is 0.476 e. The van der Waals surface area contributed by atoms with Crippen molar-refractivity contribution in [1.82, 2.24) is 14.3 Å². The maximum Gasteiger partial charge on any atom is 0.279 e. The number of morpholine rings is 1. The Morgan fingerprint density at radius 1 is 1.06 bits per heavy atom. The Morgan fingerprint density at radius 2 is 1.71 bits per heavy atom. The maximum absolute atomic E-state index is 12.8. The van der Waals surface area contributed by atoms with Gasteiger partial charge in [-0.3, -0.25) is 4.79 Å². The lowest BCUT2D eigenvalue weighted by atomic mass is 10.2. The van der Waals surface area contributed by atoms with Crippen LogP contribution in [0, 0.1) is 0 Å². The molecule has 1 saturated heterocycles. The van der Waals surface area contributed by atoms with Crippen molar-refractivity contribution in [2.75, 3.05) is 38.2 Å². The summed E-state index contributed by atoms with van der Waals surface area (Å²) in [5.41, 5.74) is 1.69. The number of rotatable bonds is 6. The molecule has 0 bridgehead atoms. The lowest BCUT2D eigenvalue weighted by Gasteiger charge is -2.26. The molecule has 2 heterocycles. The smallest absolute Gasteiger partial charge is 0.279 e. The number of ether oxygens (including phenoxy) is 2. The fraction of sp³-hybridized carbons (Fsp3) is 0.286. The minimum Gasteiger partial charge on any atom is -0.476 e. The number of nitrogens with zero attached hydrogens (tertiary/aromatic N) is 3. The molecule has 162 valence electrons. The summed E-state index contributed by atoms with van der Waals surface area (Å²) in [5, 5.41) is 2.73. The second-order valence-corrected chi connectivity index (χ2v) is 8.73. The summed E-state index contributed by atoms with van der Waals surface area (Å²) in [6.45, 7) is 3.53. The van der Waals surface area contributed by atoms with Crippen LogP contribution in [-0.4, -0.2) is 61.5 Å². The predicted molar refractivity (Wildman–Crippen MR) is 115 cm³/mol. The molecule has 0 spiro atoms. The molecule has 9 nitrogen and oxygen atoms in total. The number of nitrogens with one attached hydrogen (secondary N) is 1. The van der Waals surface area contributed by atoms with Crippen LogP contribution in [-0.2, 0) is 14.8 Å². The molecule has 2 aromatic carbocycles. The van der Waals surface area contributed by atoms with Crippen molar-refractivity contribution in [3.63, 3.8) is 0 Å². The summed E-state index contributed by atoms with van der Waals surface area (Å²) in [5.74, 6) is -0.351. The van der Waals surface area contributed by atoms with Gasteiger partial charge in [0.05, 0.1) is 35.7 Å². The summed E-state index contributed by atoms with van der Waals surface area (Å²) < 4.78 is 37.6. The van der Waals surface area contributed by atoms with Gasteiger partial charge in [-0.15, -0.1) is 0 Å². The van der Waals surface area contributed by atoms with E-state index in [4.69, 9.17) is 9.47 Å². The number of hydrogen-bond acceptors (Lipinski definition) is 7. The molecule has 10 heteroatoms. The van der Waals surface area contributed by atoms with Crippen molar-refractivity contribution < 1.29 is 22.7 Å². The molecular weight excluding hydrogens is 420 g/mol. The fourth-order valence-corrected chi connectivity index (χ4v) is 4.61. The summed E-state index contributed by atoms with van der Waals surface area (Å²) in [6.07, 6.45) is 0. The Morgan fingerprint density at radius 3 is 2.35 bits per heavy atom. The molecule has 0 saturated carbocycles. The monoisotopic (exact) mass is 442 g/mol. The van der Waals surface area contributed by atoms with Crippen molar-refractivity contribution >= 4 is 32.7 Å². The lowest BCUT2D eigenvalue weighted by molar-refractivity contribution is 0.0730. The van der Waals surface area contributed by atoms with E-state index in [9.17, 15) is 13.2 Å². The number of benzene rings is 2. The van der Waals surface area contributed by atoms with Gasteiger partial charge in [0.1, 0.15) is 0 Å². The topological polar surface area (TPSA) is 111 Å². The third-order valence-corrected chi connectivity index (χ3v) is 6.67. The molecule has 31 heavy (non-hydrogen) atoms. The average Bonchev–Trinajstić information content (AvgIpc) is 2.80. The molecule has 0 unspecified atom stereocenters. The maximum atomic E-state index is 12.8. The summed E-state index contributed by atoms with van der Waals surface area (Å²) in [4.78, 5) is 21.8. The Bertz CT molecular complexity index is 1190. The van der Waals surface area contributed by atoms with E-state index >= 15 is 0 Å². The van der Waals surface area contributed by atoms with Gasteiger partial charge < -0.3 is 14.8 Å². The molecule has 1 aromatic heterocycles. The summed E-state index contributed by atoms with van der Waals surface area (Å²) >= 11 is 0. The predicted octanol–water partition coefficient (Wildman–Crippen LogP) is 2.30.